The molecule has 0 bridgehead atoms. The first-order chi connectivity index (χ1) is 7.83. The van der Waals surface area contributed by atoms with E-state index < -0.39 is 0 Å². The normalized spacial score (nSPS) is 15.6. The van der Waals surface area contributed by atoms with E-state index in [4.69, 9.17) is 10.8 Å². The molecule has 0 unspecified atom stereocenters. The number of nitrogens with two attached hydrogens (primary N) is 1. The van der Waals surface area contributed by atoms with Crippen LogP contribution in [0, 0.1) is 0 Å². The zero-order valence-corrected chi connectivity index (χ0v) is 10.1. The number of anilines is 1. The van der Waals surface area contributed by atoms with Crippen molar-refractivity contribution in [3.05, 3.63) is 0 Å². The van der Waals surface area contributed by atoms with Gasteiger partial charge in [-0.15, -0.1) is 10.2 Å². The molecule has 2 rings (SSSR count). The van der Waals surface area contributed by atoms with Crippen molar-refractivity contribution in [3.8, 4) is 0 Å². The monoisotopic (exact) mass is 242 g/mol. The zero-order valence-electron chi connectivity index (χ0n) is 9.30. The summed E-state index contributed by atoms with van der Waals surface area (Å²) in [5.41, 5.74) is 5.78. The first-order valence-electron chi connectivity index (χ1n) is 5.77. The summed E-state index contributed by atoms with van der Waals surface area (Å²) in [6.45, 7) is 0.288. The number of hydrogen-bond acceptors (Lipinski definition) is 5. The molecule has 0 radical (unpaired) electrons. The molecular formula is C10H18N4OS. The number of thioether (sulfide) groups is 1. The summed E-state index contributed by atoms with van der Waals surface area (Å²) in [5.74, 6) is 1.56. The van der Waals surface area contributed by atoms with Crippen LogP contribution in [0.15, 0.2) is 5.16 Å². The van der Waals surface area contributed by atoms with Crippen LogP contribution in [0.2, 0.25) is 0 Å². The Morgan fingerprint density at radius 2 is 2.12 bits per heavy atom. The Kier molecular flexibility index (Phi) is 4.06. The van der Waals surface area contributed by atoms with Crippen molar-refractivity contribution in [2.75, 3.05) is 18.1 Å². The lowest BCUT2D eigenvalue weighted by Gasteiger charge is -2.05. The minimum absolute atomic E-state index is 0.288. The van der Waals surface area contributed by atoms with Crippen LogP contribution in [0.25, 0.3) is 0 Å². The average molecular weight is 242 g/mol. The number of aromatic nitrogens is 3. The van der Waals surface area contributed by atoms with Gasteiger partial charge in [0.2, 0.25) is 5.95 Å². The van der Waals surface area contributed by atoms with Gasteiger partial charge in [0, 0.05) is 18.4 Å². The molecule has 1 heterocycles. The zero-order chi connectivity index (χ0) is 11.4. The molecule has 0 saturated heterocycles. The van der Waals surface area contributed by atoms with E-state index in [2.05, 4.69) is 14.8 Å². The van der Waals surface area contributed by atoms with E-state index in [1.807, 2.05) is 0 Å². The SMILES string of the molecule is Nc1nnc(SCCCCCO)n1C1CC1. The molecule has 90 valence electrons. The third-order valence-corrected chi connectivity index (χ3v) is 3.67. The molecule has 1 saturated carbocycles. The number of nitrogens with zero attached hydrogens (tertiary/aromatic N) is 3. The Balaban J connectivity index is 1.80. The van der Waals surface area contributed by atoms with Crippen LogP contribution < -0.4 is 5.73 Å². The van der Waals surface area contributed by atoms with E-state index in [0.717, 1.165) is 30.2 Å². The maximum Gasteiger partial charge on any atom is 0.222 e. The quantitative estimate of drug-likeness (QED) is 0.559. The second kappa shape index (κ2) is 5.54. The molecule has 1 aliphatic rings. The Morgan fingerprint density at radius 1 is 1.31 bits per heavy atom. The maximum atomic E-state index is 8.66. The molecule has 1 aliphatic carbocycles. The lowest BCUT2D eigenvalue weighted by atomic mass is 10.3. The summed E-state index contributed by atoms with van der Waals surface area (Å²) < 4.78 is 2.05. The summed E-state index contributed by atoms with van der Waals surface area (Å²) in [6.07, 6.45) is 5.44. The molecule has 1 fully saturated rings. The van der Waals surface area contributed by atoms with Gasteiger partial charge in [-0.25, -0.2) is 0 Å². The van der Waals surface area contributed by atoms with Crippen molar-refractivity contribution in [3.63, 3.8) is 0 Å². The van der Waals surface area contributed by atoms with Crippen LogP contribution >= 0.6 is 11.8 Å². The topological polar surface area (TPSA) is 77.0 Å². The van der Waals surface area contributed by atoms with E-state index in [1.54, 1.807) is 11.8 Å². The van der Waals surface area contributed by atoms with Crippen LogP contribution in [0.3, 0.4) is 0 Å². The molecule has 5 nitrogen and oxygen atoms in total. The number of nitrogen functional groups attached to an aromatic ring is 1. The fourth-order valence-electron chi connectivity index (χ4n) is 1.62. The van der Waals surface area contributed by atoms with Gasteiger partial charge < -0.3 is 10.8 Å². The average Bonchev–Trinajstić information content (AvgIpc) is 3.04. The first-order valence-corrected chi connectivity index (χ1v) is 6.75. The largest absolute Gasteiger partial charge is 0.396 e. The van der Waals surface area contributed by atoms with Gasteiger partial charge in [-0.2, -0.15) is 0 Å². The van der Waals surface area contributed by atoms with Crippen molar-refractivity contribution in [2.24, 2.45) is 0 Å². The minimum atomic E-state index is 0.288. The maximum absolute atomic E-state index is 8.66. The minimum Gasteiger partial charge on any atom is -0.396 e. The van der Waals surface area contributed by atoms with E-state index in [1.165, 1.54) is 12.8 Å². The molecule has 0 aliphatic heterocycles. The fourth-order valence-corrected chi connectivity index (χ4v) is 2.63. The Morgan fingerprint density at radius 3 is 2.81 bits per heavy atom. The molecule has 1 aromatic heterocycles. The highest BCUT2D eigenvalue weighted by Gasteiger charge is 2.28. The van der Waals surface area contributed by atoms with Gasteiger partial charge in [0.1, 0.15) is 0 Å². The molecule has 16 heavy (non-hydrogen) atoms. The number of aliphatic hydroxyl groups excluding tert-OH is 1. The molecule has 3 N–H and O–H groups in total. The van der Waals surface area contributed by atoms with E-state index in [-0.39, 0.29) is 6.61 Å². The van der Waals surface area contributed by atoms with Crippen LogP contribution in [-0.2, 0) is 0 Å². The lowest BCUT2D eigenvalue weighted by Crippen LogP contribution is -2.02. The standard InChI is InChI=1S/C10H18N4OS/c11-9-12-13-10(14(9)8-4-5-8)16-7-3-1-2-6-15/h8,15H,1-7H2,(H2,11,12). The van der Waals surface area contributed by atoms with E-state index >= 15 is 0 Å². The Labute approximate surface area is 99.4 Å². The molecule has 1 aromatic rings. The lowest BCUT2D eigenvalue weighted by molar-refractivity contribution is 0.284. The number of aliphatic hydroxyl groups is 1. The van der Waals surface area contributed by atoms with Gasteiger partial charge in [-0.3, -0.25) is 4.57 Å². The van der Waals surface area contributed by atoms with Gasteiger partial charge in [0.15, 0.2) is 5.16 Å². The van der Waals surface area contributed by atoms with Crippen molar-refractivity contribution >= 4 is 17.7 Å². The Hall–Kier alpha value is -0.750. The van der Waals surface area contributed by atoms with Gasteiger partial charge in [0.05, 0.1) is 0 Å². The summed E-state index contributed by atoms with van der Waals surface area (Å²) in [5, 5.41) is 17.6. The molecule has 0 spiro atoms. The molecule has 0 atom stereocenters. The van der Waals surface area contributed by atoms with Gasteiger partial charge in [-0.1, -0.05) is 18.2 Å². The second-order valence-electron chi connectivity index (χ2n) is 4.07. The van der Waals surface area contributed by atoms with Gasteiger partial charge in [-0.05, 0) is 25.7 Å². The number of rotatable bonds is 7. The van der Waals surface area contributed by atoms with E-state index in [0.29, 0.717) is 12.0 Å². The third kappa shape index (κ3) is 2.89. The van der Waals surface area contributed by atoms with Crippen LogP contribution in [-0.4, -0.2) is 32.2 Å². The van der Waals surface area contributed by atoms with Gasteiger partial charge >= 0.3 is 0 Å². The molecular weight excluding hydrogens is 224 g/mol. The van der Waals surface area contributed by atoms with Crippen LogP contribution in [0.1, 0.15) is 38.1 Å². The first kappa shape index (κ1) is 11.7. The van der Waals surface area contributed by atoms with Crippen LogP contribution in [0.4, 0.5) is 5.95 Å². The summed E-state index contributed by atoms with van der Waals surface area (Å²) >= 11 is 1.71. The smallest absolute Gasteiger partial charge is 0.222 e. The molecule has 0 amide bonds. The fraction of sp³-hybridized carbons (Fsp3) is 0.800. The predicted octanol–water partition coefficient (Wildman–Crippen LogP) is 1.45. The Bertz CT molecular complexity index is 338. The van der Waals surface area contributed by atoms with E-state index in [9.17, 15) is 0 Å². The highest BCUT2D eigenvalue weighted by atomic mass is 32.2. The van der Waals surface area contributed by atoms with Crippen molar-refractivity contribution in [2.45, 2.75) is 43.3 Å². The summed E-state index contributed by atoms with van der Waals surface area (Å²) in [6, 6.07) is 0.537. The molecule has 0 aromatic carbocycles. The highest BCUT2D eigenvalue weighted by Crippen LogP contribution is 2.39. The summed E-state index contributed by atoms with van der Waals surface area (Å²) in [7, 11) is 0. The number of hydrogen-bond donors (Lipinski definition) is 2. The third-order valence-electron chi connectivity index (χ3n) is 2.64. The number of unbranched alkanes of at least 4 members (excludes halogenated alkanes) is 2. The summed E-state index contributed by atoms with van der Waals surface area (Å²) in [4.78, 5) is 0. The van der Waals surface area contributed by atoms with Crippen molar-refractivity contribution < 1.29 is 5.11 Å². The van der Waals surface area contributed by atoms with Crippen molar-refractivity contribution in [1.82, 2.24) is 14.8 Å². The predicted molar refractivity (Wildman–Crippen MR) is 64.4 cm³/mol. The second-order valence-corrected chi connectivity index (χ2v) is 5.14. The highest BCUT2D eigenvalue weighted by molar-refractivity contribution is 7.99. The van der Waals surface area contributed by atoms with Crippen molar-refractivity contribution in [1.29, 1.82) is 0 Å². The van der Waals surface area contributed by atoms with Crippen LogP contribution in [0.5, 0.6) is 0 Å². The van der Waals surface area contributed by atoms with Gasteiger partial charge in [0.25, 0.3) is 0 Å². The molecule has 6 heteroatoms.